The van der Waals surface area contributed by atoms with Gasteiger partial charge in [0.05, 0.1) is 12.8 Å². The maximum Gasteiger partial charge on any atom is 0.420 e. The first-order valence-corrected chi connectivity index (χ1v) is 9.65. The number of rotatable bonds is 5. The molecule has 1 fully saturated rings. The van der Waals surface area contributed by atoms with Crippen LogP contribution in [0.4, 0.5) is 17.6 Å². The number of ether oxygens (including phenoxy) is 1. The third-order valence-electron chi connectivity index (χ3n) is 4.96. The molecule has 1 saturated heterocycles. The van der Waals surface area contributed by atoms with Crippen molar-refractivity contribution in [1.29, 1.82) is 0 Å². The zero-order valence-electron chi connectivity index (χ0n) is 15.4. The van der Waals surface area contributed by atoms with Gasteiger partial charge in [0.2, 0.25) is 0 Å². The highest BCUT2D eigenvalue weighted by atomic mass is 32.2. The van der Waals surface area contributed by atoms with Gasteiger partial charge in [-0.2, -0.15) is 13.2 Å². The molecule has 0 amide bonds. The van der Waals surface area contributed by atoms with Gasteiger partial charge in [0, 0.05) is 23.1 Å². The maximum atomic E-state index is 14.4. The van der Waals surface area contributed by atoms with E-state index in [1.54, 1.807) is 7.05 Å². The Morgan fingerprint density at radius 3 is 2.67 bits per heavy atom. The van der Waals surface area contributed by atoms with Crippen molar-refractivity contribution >= 4 is 17.5 Å². The van der Waals surface area contributed by atoms with Crippen LogP contribution < -0.4 is 15.4 Å². The molecule has 0 bridgehead atoms. The van der Waals surface area contributed by atoms with E-state index in [2.05, 4.69) is 27.2 Å². The van der Waals surface area contributed by atoms with Crippen LogP contribution in [0.15, 0.2) is 17.0 Å². The van der Waals surface area contributed by atoms with Gasteiger partial charge in [-0.05, 0) is 45.5 Å². The second-order valence-electron chi connectivity index (χ2n) is 6.73. The van der Waals surface area contributed by atoms with E-state index in [1.165, 1.54) is 11.8 Å². The number of likely N-dealkylation sites (tertiary alicyclic amines) is 1. The first-order valence-electron chi connectivity index (χ1n) is 8.77. The summed E-state index contributed by atoms with van der Waals surface area (Å²) in [5, 5.41) is 6.23. The van der Waals surface area contributed by atoms with Crippen LogP contribution >= 0.6 is 11.8 Å². The molecule has 2 atom stereocenters. The number of nitrogens with one attached hydrogen (secondary N) is 2. The van der Waals surface area contributed by atoms with E-state index in [9.17, 15) is 17.6 Å². The Morgan fingerprint density at radius 2 is 2.11 bits per heavy atom. The Bertz CT molecular complexity index is 738. The van der Waals surface area contributed by atoms with E-state index < -0.39 is 23.3 Å². The maximum absolute atomic E-state index is 14.4. The highest BCUT2D eigenvalue weighted by molar-refractivity contribution is 8.04. The Labute approximate surface area is 160 Å². The van der Waals surface area contributed by atoms with E-state index >= 15 is 0 Å². The van der Waals surface area contributed by atoms with Crippen LogP contribution in [0.3, 0.4) is 0 Å². The number of alkyl halides is 3. The summed E-state index contributed by atoms with van der Waals surface area (Å²) in [6, 6.07) is 2.48. The van der Waals surface area contributed by atoms with E-state index in [0.717, 1.165) is 43.5 Å². The van der Waals surface area contributed by atoms with Crippen molar-refractivity contribution in [3.63, 3.8) is 0 Å². The Balaban J connectivity index is 2.02. The smallest absolute Gasteiger partial charge is 0.420 e. The lowest BCUT2D eigenvalue weighted by molar-refractivity contribution is -0.139. The molecular weight excluding hydrogens is 382 g/mol. The average Bonchev–Trinajstić information content (AvgIpc) is 3.20. The van der Waals surface area contributed by atoms with Gasteiger partial charge in [0.25, 0.3) is 0 Å². The lowest BCUT2D eigenvalue weighted by Crippen LogP contribution is -2.32. The van der Waals surface area contributed by atoms with E-state index in [0.29, 0.717) is 18.3 Å². The number of benzene rings is 1. The van der Waals surface area contributed by atoms with E-state index in [1.807, 2.05) is 0 Å². The number of thioether (sulfide) groups is 1. The van der Waals surface area contributed by atoms with Crippen molar-refractivity contribution in [3.05, 3.63) is 34.0 Å². The molecule has 27 heavy (non-hydrogen) atoms. The van der Waals surface area contributed by atoms with Gasteiger partial charge in [-0.15, -0.1) is 0 Å². The van der Waals surface area contributed by atoms with Gasteiger partial charge >= 0.3 is 6.18 Å². The van der Waals surface area contributed by atoms with E-state index in [4.69, 9.17) is 0 Å². The monoisotopic (exact) mass is 405 g/mol. The van der Waals surface area contributed by atoms with Gasteiger partial charge in [0.15, 0.2) is 11.6 Å². The molecule has 1 aromatic carbocycles. The predicted octanol–water partition coefficient (Wildman–Crippen LogP) is 3.85. The molecule has 150 valence electrons. The summed E-state index contributed by atoms with van der Waals surface area (Å²) in [7, 11) is 2.80. The minimum atomic E-state index is -4.71. The topological polar surface area (TPSA) is 36.5 Å². The predicted molar refractivity (Wildman–Crippen MR) is 98.7 cm³/mol. The van der Waals surface area contributed by atoms with Crippen LogP contribution in [0.2, 0.25) is 0 Å². The van der Waals surface area contributed by atoms with Crippen LogP contribution in [-0.2, 0) is 6.18 Å². The van der Waals surface area contributed by atoms with Crippen LogP contribution in [0.25, 0.3) is 5.70 Å². The molecule has 0 aromatic heterocycles. The minimum Gasteiger partial charge on any atom is -0.493 e. The highest BCUT2D eigenvalue weighted by Crippen LogP contribution is 2.42. The SMILES string of the molecule is CNC1NC(c2cc(F)c(OC)c(C(F)(F)F)c2)=C(CN2CCCC2C)S1. The summed E-state index contributed by atoms with van der Waals surface area (Å²) in [6.45, 7) is 3.72. The number of halogens is 4. The summed E-state index contributed by atoms with van der Waals surface area (Å²) in [6.07, 6.45) is -2.50. The summed E-state index contributed by atoms with van der Waals surface area (Å²) < 4.78 is 59.2. The fourth-order valence-corrected chi connectivity index (χ4v) is 4.62. The van der Waals surface area contributed by atoms with Crippen LogP contribution in [-0.4, -0.2) is 43.7 Å². The third kappa shape index (κ3) is 4.20. The van der Waals surface area contributed by atoms with Gasteiger partial charge in [-0.1, -0.05) is 11.8 Å². The van der Waals surface area contributed by atoms with Crippen LogP contribution in [0, 0.1) is 5.82 Å². The van der Waals surface area contributed by atoms with Crippen LogP contribution in [0.5, 0.6) is 5.75 Å². The highest BCUT2D eigenvalue weighted by Gasteiger charge is 2.37. The van der Waals surface area contributed by atoms with Gasteiger partial charge in [0.1, 0.15) is 11.1 Å². The second kappa shape index (κ2) is 7.89. The molecule has 2 unspecified atom stereocenters. The Kier molecular flexibility index (Phi) is 5.93. The van der Waals surface area contributed by atoms with Gasteiger partial charge in [-0.25, -0.2) is 4.39 Å². The molecule has 1 aromatic rings. The molecule has 2 aliphatic rings. The van der Waals surface area contributed by atoms with Crippen molar-refractivity contribution in [2.45, 2.75) is 37.5 Å². The van der Waals surface area contributed by atoms with Crippen molar-refractivity contribution in [2.24, 2.45) is 0 Å². The van der Waals surface area contributed by atoms with Crippen molar-refractivity contribution in [1.82, 2.24) is 15.5 Å². The quantitative estimate of drug-likeness (QED) is 0.728. The molecular formula is C18H23F4N3OS. The van der Waals surface area contributed by atoms with Gasteiger partial charge in [-0.3, -0.25) is 10.2 Å². The summed E-state index contributed by atoms with van der Waals surface area (Å²) >= 11 is 1.51. The molecule has 2 aliphatic heterocycles. The van der Waals surface area contributed by atoms with Crippen molar-refractivity contribution in [2.75, 3.05) is 27.2 Å². The largest absolute Gasteiger partial charge is 0.493 e. The number of hydrogen-bond acceptors (Lipinski definition) is 5. The molecule has 2 heterocycles. The molecule has 9 heteroatoms. The lowest BCUT2D eigenvalue weighted by Gasteiger charge is -2.22. The summed E-state index contributed by atoms with van der Waals surface area (Å²) in [4.78, 5) is 3.20. The molecule has 0 spiro atoms. The standard InChI is InChI=1S/C18H23F4N3OS/c1-10-5-4-6-25(10)9-14-15(24-17(23-2)27-14)11-7-12(18(20,21)22)16(26-3)13(19)8-11/h7-8,10,17,23-24H,4-6,9H2,1-3H3. The van der Waals surface area contributed by atoms with Crippen molar-refractivity contribution < 1.29 is 22.3 Å². The first kappa shape index (κ1) is 20.3. The molecule has 0 aliphatic carbocycles. The normalized spacial score (nSPS) is 23.8. The third-order valence-corrected chi connectivity index (χ3v) is 6.16. The van der Waals surface area contributed by atoms with Crippen molar-refractivity contribution in [3.8, 4) is 5.75 Å². The number of nitrogens with zero attached hydrogens (tertiary/aromatic N) is 1. The Hall–Kier alpha value is -1.45. The fourth-order valence-electron chi connectivity index (χ4n) is 3.50. The van der Waals surface area contributed by atoms with Gasteiger partial charge < -0.3 is 10.1 Å². The number of methoxy groups -OCH3 is 1. The molecule has 4 nitrogen and oxygen atoms in total. The average molecular weight is 405 g/mol. The zero-order valence-corrected chi connectivity index (χ0v) is 16.2. The minimum absolute atomic E-state index is 0.174. The Morgan fingerprint density at radius 1 is 1.37 bits per heavy atom. The molecule has 0 radical (unpaired) electrons. The summed E-state index contributed by atoms with van der Waals surface area (Å²) in [5.74, 6) is -1.80. The number of hydrogen-bond donors (Lipinski definition) is 2. The summed E-state index contributed by atoms with van der Waals surface area (Å²) in [5.41, 5.74) is -0.577. The molecule has 3 rings (SSSR count). The first-order chi connectivity index (χ1) is 12.7. The van der Waals surface area contributed by atoms with Crippen LogP contribution in [0.1, 0.15) is 30.9 Å². The fraction of sp³-hybridized carbons (Fsp3) is 0.556. The second-order valence-corrected chi connectivity index (χ2v) is 7.93. The van der Waals surface area contributed by atoms with E-state index in [-0.39, 0.29) is 11.1 Å². The molecule has 2 N–H and O–H groups in total. The zero-order chi connectivity index (χ0) is 19.8. The molecule has 0 saturated carbocycles. The lowest BCUT2D eigenvalue weighted by atomic mass is 10.0.